The van der Waals surface area contributed by atoms with Crippen molar-refractivity contribution in [1.82, 2.24) is 9.97 Å². The zero-order chi connectivity index (χ0) is 13.5. The van der Waals surface area contributed by atoms with Crippen molar-refractivity contribution >= 4 is 21.6 Å². The number of nitrogens with zero attached hydrogens (tertiary/aromatic N) is 4. The number of hydrogen-bond acceptors (Lipinski definition) is 4. The van der Waals surface area contributed by atoms with E-state index in [-0.39, 0.29) is 0 Å². The van der Waals surface area contributed by atoms with Gasteiger partial charge in [-0.05, 0) is 33.6 Å². The predicted octanol–water partition coefficient (Wildman–Crippen LogP) is 3.16. The van der Waals surface area contributed by atoms with E-state index in [4.69, 9.17) is 5.26 Å². The van der Waals surface area contributed by atoms with Crippen LogP contribution < -0.4 is 4.90 Å². The molecule has 0 fully saturated rings. The third kappa shape index (κ3) is 3.76. The van der Waals surface area contributed by atoms with Gasteiger partial charge in [0.1, 0.15) is 0 Å². The van der Waals surface area contributed by atoms with Crippen molar-refractivity contribution in [2.24, 2.45) is 0 Å². The average molecular weight is 317 g/mol. The molecule has 2 rings (SSSR count). The first-order valence-corrected chi connectivity index (χ1v) is 6.71. The molecule has 0 radical (unpaired) electrons. The lowest BCUT2D eigenvalue weighted by atomic mass is 10.2. The normalized spacial score (nSPS) is 9.89. The zero-order valence-corrected chi connectivity index (χ0v) is 11.9. The van der Waals surface area contributed by atoms with Crippen molar-refractivity contribution in [3.8, 4) is 6.07 Å². The van der Waals surface area contributed by atoms with E-state index in [9.17, 15) is 0 Å². The standard InChI is InChI=1S/C14H13BrN4/c15-13-10-18-7-4-14(13)19(8-2-5-16)11-12-3-1-6-17-9-12/h1,3-4,6-7,9-10H,2,8,11H2. The Kier molecular flexibility index (Phi) is 4.87. The van der Waals surface area contributed by atoms with Crippen LogP contribution in [0.5, 0.6) is 0 Å². The van der Waals surface area contributed by atoms with E-state index in [0.29, 0.717) is 13.0 Å². The minimum atomic E-state index is 0.481. The van der Waals surface area contributed by atoms with Crippen LogP contribution in [0.25, 0.3) is 0 Å². The van der Waals surface area contributed by atoms with Crippen LogP contribution in [0.3, 0.4) is 0 Å². The molecular formula is C14H13BrN4. The molecule has 0 saturated carbocycles. The third-order valence-corrected chi connectivity index (χ3v) is 3.29. The quantitative estimate of drug-likeness (QED) is 0.850. The minimum Gasteiger partial charge on any atom is -0.365 e. The summed E-state index contributed by atoms with van der Waals surface area (Å²) >= 11 is 3.50. The van der Waals surface area contributed by atoms with Gasteiger partial charge in [-0.25, -0.2) is 0 Å². The van der Waals surface area contributed by atoms with Crippen molar-refractivity contribution < 1.29 is 0 Å². The molecule has 96 valence electrons. The van der Waals surface area contributed by atoms with Crippen LogP contribution in [0.4, 0.5) is 5.69 Å². The third-order valence-electron chi connectivity index (χ3n) is 2.68. The van der Waals surface area contributed by atoms with Gasteiger partial charge >= 0.3 is 0 Å². The summed E-state index contributed by atoms with van der Waals surface area (Å²) in [4.78, 5) is 10.3. The zero-order valence-electron chi connectivity index (χ0n) is 10.3. The van der Waals surface area contributed by atoms with E-state index in [1.165, 1.54) is 0 Å². The number of rotatable bonds is 5. The largest absolute Gasteiger partial charge is 0.365 e. The SMILES string of the molecule is N#CCCN(Cc1cccnc1)c1ccncc1Br. The van der Waals surface area contributed by atoms with E-state index in [1.807, 2.05) is 24.4 Å². The maximum Gasteiger partial charge on any atom is 0.0640 e. The average Bonchev–Trinajstić information content (AvgIpc) is 2.45. The van der Waals surface area contributed by atoms with Crippen LogP contribution in [-0.4, -0.2) is 16.5 Å². The summed E-state index contributed by atoms with van der Waals surface area (Å²) in [6.07, 6.45) is 7.59. The van der Waals surface area contributed by atoms with Crippen molar-refractivity contribution in [3.05, 3.63) is 53.0 Å². The Labute approximate surface area is 120 Å². The fourth-order valence-corrected chi connectivity index (χ4v) is 2.31. The lowest BCUT2D eigenvalue weighted by Gasteiger charge is -2.24. The highest BCUT2D eigenvalue weighted by atomic mass is 79.9. The van der Waals surface area contributed by atoms with Crippen LogP contribution in [0, 0.1) is 11.3 Å². The number of hydrogen-bond donors (Lipinski definition) is 0. The lowest BCUT2D eigenvalue weighted by Crippen LogP contribution is -2.24. The van der Waals surface area contributed by atoms with Gasteiger partial charge in [-0.3, -0.25) is 9.97 Å². The Balaban J connectivity index is 2.22. The second kappa shape index (κ2) is 6.86. The van der Waals surface area contributed by atoms with Crippen LogP contribution in [0.15, 0.2) is 47.5 Å². The molecule has 0 bridgehead atoms. The molecule has 0 N–H and O–H groups in total. The van der Waals surface area contributed by atoms with Gasteiger partial charge in [-0.1, -0.05) is 6.07 Å². The van der Waals surface area contributed by atoms with Gasteiger partial charge in [0.2, 0.25) is 0 Å². The monoisotopic (exact) mass is 316 g/mol. The smallest absolute Gasteiger partial charge is 0.0640 e. The molecule has 0 spiro atoms. The van der Waals surface area contributed by atoms with Crippen LogP contribution >= 0.6 is 15.9 Å². The lowest BCUT2D eigenvalue weighted by molar-refractivity contribution is 0.792. The molecule has 2 aromatic rings. The molecule has 4 nitrogen and oxygen atoms in total. The van der Waals surface area contributed by atoms with Crippen molar-refractivity contribution in [3.63, 3.8) is 0 Å². The predicted molar refractivity (Wildman–Crippen MR) is 77.5 cm³/mol. The van der Waals surface area contributed by atoms with Gasteiger partial charge in [0.05, 0.1) is 22.7 Å². The van der Waals surface area contributed by atoms with E-state index < -0.39 is 0 Å². The number of pyridine rings is 2. The second-order valence-corrected chi connectivity index (χ2v) is 4.87. The minimum absolute atomic E-state index is 0.481. The molecule has 0 amide bonds. The molecule has 0 aromatic carbocycles. The van der Waals surface area contributed by atoms with E-state index >= 15 is 0 Å². The Morgan fingerprint density at radius 2 is 2.05 bits per heavy atom. The van der Waals surface area contributed by atoms with Gasteiger partial charge in [0.15, 0.2) is 0 Å². The Morgan fingerprint density at radius 1 is 1.21 bits per heavy atom. The molecule has 5 heteroatoms. The molecule has 0 aliphatic rings. The first-order valence-electron chi connectivity index (χ1n) is 5.91. The van der Waals surface area contributed by atoms with Gasteiger partial charge < -0.3 is 4.90 Å². The number of aromatic nitrogens is 2. The molecular weight excluding hydrogens is 304 g/mol. The fourth-order valence-electron chi connectivity index (χ4n) is 1.81. The summed E-state index contributed by atoms with van der Waals surface area (Å²) in [6.45, 7) is 1.39. The number of halogens is 1. The molecule has 0 unspecified atom stereocenters. The maximum absolute atomic E-state index is 8.78. The summed E-state index contributed by atoms with van der Waals surface area (Å²) in [5, 5.41) is 8.78. The summed E-state index contributed by atoms with van der Waals surface area (Å²) in [5.41, 5.74) is 2.15. The highest BCUT2D eigenvalue weighted by Crippen LogP contribution is 2.26. The number of nitriles is 1. The molecule has 19 heavy (non-hydrogen) atoms. The Bertz CT molecular complexity index is 565. The van der Waals surface area contributed by atoms with Crippen LogP contribution in [0.2, 0.25) is 0 Å². The van der Waals surface area contributed by atoms with Crippen molar-refractivity contribution in [1.29, 1.82) is 5.26 Å². The molecule has 2 heterocycles. The van der Waals surface area contributed by atoms with Gasteiger partial charge in [-0.15, -0.1) is 0 Å². The highest BCUT2D eigenvalue weighted by Gasteiger charge is 2.10. The Hall–Kier alpha value is -1.93. The molecule has 0 aliphatic heterocycles. The summed E-state index contributed by atoms with van der Waals surface area (Å²) < 4.78 is 0.928. The highest BCUT2D eigenvalue weighted by molar-refractivity contribution is 9.10. The van der Waals surface area contributed by atoms with E-state index in [1.54, 1.807) is 18.6 Å². The van der Waals surface area contributed by atoms with Crippen LogP contribution in [-0.2, 0) is 6.54 Å². The van der Waals surface area contributed by atoms with Gasteiger partial charge in [-0.2, -0.15) is 5.26 Å². The van der Waals surface area contributed by atoms with Gasteiger partial charge in [0, 0.05) is 37.9 Å². The fraction of sp³-hybridized carbons (Fsp3) is 0.214. The second-order valence-electron chi connectivity index (χ2n) is 4.02. The Morgan fingerprint density at radius 3 is 2.74 bits per heavy atom. The van der Waals surface area contributed by atoms with Gasteiger partial charge in [0.25, 0.3) is 0 Å². The number of anilines is 1. The first-order chi connectivity index (χ1) is 9.31. The van der Waals surface area contributed by atoms with E-state index in [0.717, 1.165) is 22.3 Å². The first kappa shape index (κ1) is 13.5. The topological polar surface area (TPSA) is 52.8 Å². The van der Waals surface area contributed by atoms with Crippen LogP contribution in [0.1, 0.15) is 12.0 Å². The molecule has 0 saturated heterocycles. The van der Waals surface area contributed by atoms with E-state index in [2.05, 4.69) is 36.9 Å². The van der Waals surface area contributed by atoms with Crippen molar-refractivity contribution in [2.45, 2.75) is 13.0 Å². The molecule has 0 aliphatic carbocycles. The maximum atomic E-state index is 8.78. The summed E-state index contributed by atoms with van der Waals surface area (Å²) in [5.74, 6) is 0. The summed E-state index contributed by atoms with van der Waals surface area (Å²) in [6, 6.07) is 8.07. The van der Waals surface area contributed by atoms with Crippen molar-refractivity contribution in [2.75, 3.05) is 11.4 Å². The molecule has 0 atom stereocenters. The summed E-state index contributed by atoms with van der Waals surface area (Å²) in [7, 11) is 0. The molecule has 2 aromatic heterocycles.